The molecular formula is C14H22N2O. The van der Waals surface area contributed by atoms with E-state index in [1.807, 2.05) is 19.9 Å². The Morgan fingerprint density at radius 3 is 2.41 bits per heavy atom. The van der Waals surface area contributed by atoms with E-state index in [9.17, 15) is 0 Å². The first-order valence-electron chi connectivity index (χ1n) is 6.25. The number of nitrogens with two attached hydrogens (primary N) is 1. The number of anilines is 1. The molecule has 2 rings (SSSR count). The second kappa shape index (κ2) is 4.57. The van der Waals surface area contributed by atoms with E-state index in [0.29, 0.717) is 0 Å². The molecule has 0 atom stereocenters. The molecule has 3 nitrogen and oxygen atoms in total. The van der Waals surface area contributed by atoms with Crippen molar-refractivity contribution in [2.24, 2.45) is 5.73 Å². The summed E-state index contributed by atoms with van der Waals surface area (Å²) in [6.07, 6.45) is 2.57. The summed E-state index contributed by atoms with van der Waals surface area (Å²) in [4.78, 5) is 2.41. The van der Waals surface area contributed by atoms with Gasteiger partial charge in [0.25, 0.3) is 0 Å². The molecule has 1 saturated heterocycles. The predicted octanol–water partition coefficient (Wildman–Crippen LogP) is 2.49. The van der Waals surface area contributed by atoms with E-state index in [1.54, 1.807) is 7.11 Å². The lowest BCUT2D eigenvalue weighted by atomic mass is 9.94. The number of rotatable bonds is 3. The first-order chi connectivity index (χ1) is 8.02. The monoisotopic (exact) mass is 234 g/mol. The van der Waals surface area contributed by atoms with Gasteiger partial charge in [-0.1, -0.05) is 0 Å². The smallest absolute Gasteiger partial charge is 0.124 e. The molecule has 1 aromatic rings. The molecule has 1 fully saturated rings. The van der Waals surface area contributed by atoms with Gasteiger partial charge in [0, 0.05) is 29.9 Å². The minimum atomic E-state index is -0.374. The maximum atomic E-state index is 6.20. The van der Waals surface area contributed by atoms with E-state index >= 15 is 0 Å². The molecule has 17 heavy (non-hydrogen) atoms. The first kappa shape index (κ1) is 12.2. The van der Waals surface area contributed by atoms with Crippen LogP contribution in [0.4, 0.5) is 5.69 Å². The molecule has 0 amide bonds. The Kier molecular flexibility index (Phi) is 3.29. The van der Waals surface area contributed by atoms with E-state index in [2.05, 4.69) is 17.0 Å². The number of nitrogens with zero attached hydrogens (tertiary/aromatic N) is 1. The van der Waals surface area contributed by atoms with Crippen molar-refractivity contribution >= 4 is 5.69 Å². The zero-order valence-electron chi connectivity index (χ0n) is 11.0. The molecule has 94 valence electrons. The number of hydrogen-bond donors (Lipinski definition) is 1. The third kappa shape index (κ3) is 2.55. The van der Waals surface area contributed by atoms with E-state index in [4.69, 9.17) is 10.5 Å². The van der Waals surface area contributed by atoms with E-state index in [0.717, 1.165) is 24.4 Å². The highest BCUT2D eigenvalue weighted by molar-refractivity contribution is 5.55. The summed E-state index contributed by atoms with van der Waals surface area (Å²) in [6.45, 7) is 6.32. The van der Waals surface area contributed by atoms with Crippen LogP contribution in [0.2, 0.25) is 0 Å². The standard InChI is InChI=1S/C14H22N2O/c1-14(2,15)12-10-11(6-7-13(12)17-3)16-8-4-5-9-16/h6-7,10H,4-5,8-9,15H2,1-3H3. The molecule has 0 bridgehead atoms. The van der Waals surface area contributed by atoms with Crippen molar-refractivity contribution in [3.05, 3.63) is 23.8 Å². The van der Waals surface area contributed by atoms with Gasteiger partial charge in [0.2, 0.25) is 0 Å². The maximum Gasteiger partial charge on any atom is 0.124 e. The second-order valence-corrected chi connectivity index (χ2v) is 5.30. The molecule has 0 unspecified atom stereocenters. The van der Waals surface area contributed by atoms with Gasteiger partial charge in [-0.15, -0.1) is 0 Å². The Bertz CT molecular complexity index is 390. The molecule has 1 aliphatic rings. The average Bonchev–Trinajstić information content (AvgIpc) is 2.80. The fraction of sp³-hybridized carbons (Fsp3) is 0.571. The molecule has 0 radical (unpaired) electrons. The topological polar surface area (TPSA) is 38.5 Å². The summed E-state index contributed by atoms with van der Waals surface area (Å²) in [7, 11) is 1.69. The summed E-state index contributed by atoms with van der Waals surface area (Å²) < 4.78 is 5.39. The molecule has 0 spiro atoms. The van der Waals surface area contributed by atoms with Crippen molar-refractivity contribution in [3.8, 4) is 5.75 Å². The van der Waals surface area contributed by atoms with Crippen molar-refractivity contribution in [2.75, 3.05) is 25.1 Å². The van der Waals surface area contributed by atoms with Crippen LogP contribution in [0.25, 0.3) is 0 Å². The number of benzene rings is 1. The van der Waals surface area contributed by atoms with Gasteiger partial charge in [0.05, 0.1) is 7.11 Å². The zero-order valence-corrected chi connectivity index (χ0v) is 11.0. The normalized spacial score (nSPS) is 16.4. The lowest BCUT2D eigenvalue weighted by Crippen LogP contribution is -2.30. The van der Waals surface area contributed by atoms with Crippen LogP contribution in [0, 0.1) is 0 Å². The minimum Gasteiger partial charge on any atom is -0.496 e. The van der Waals surface area contributed by atoms with Crippen LogP contribution in [0.5, 0.6) is 5.75 Å². The zero-order chi connectivity index (χ0) is 12.5. The van der Waals surface area contributed by atoms with Gasteiger partial charge < -0.3 is 15.4 Å². The van der Waals surface area contributed by atoms with Gasteiger partial charge in [0.1, 0.15) is 5.75 Å². The van der Waals surface area contributed by atoms with Crippen molar-refractivity contribution in [2.45, 2.75) is 32.2 Å². The van der Waals surface area contributed by atoms with Gasteiger partial charge in [-0.2, -0.15) is 0 Å². The number of methoxy groups -OCH3 is 1. The highest BCUT2D eigenvalue weighted by Gasteiger charge is 2.21. The minimum absolute atomic E-state index is 0.374. The molecular weight excluding hydrogens is 212 g/mol. The predicted molar refractivity (Wildman–Crippen MR) is 71.7 cm³/mol. The van der Waals surface area contributed by atoms with Gasteiger partial charge in [-0.3, -0.25) is 0 Å². The Labute approximate surface area is 104 Å². The summed E-state index contributed by atoms with van der Waals surface area (Å²) in [6, 6.07) is 6.32. The molecule has 1 heterocycles. The van der Waals surface area contributed by atoms with E-state index in [1.165, 1.54) is 18.5 Å². The van der Waals surface area contributed by atoms with Gasteiger partial charge in [0.15, 0.2) is 0 Å². The van der Waals surface area contributed by atoms with Crippen LogP contribution >= 0.6 is 0 Å². The summed E-state index contributed by atoms with van der Waals surface area (Å²) in [5.74, 6) is 0.875. The van der Waals surface area contributed by atoms with Crippen molar-refractivity contribution in [1.29, 1.82) is 0 Å². The van der Waals surface area contributed by atoms with Crippen LogP contribution < -0.4 is 15.4 Å². The summed E-state index contributed by atoms with van der Waals surface area (Å²) in [5, 5.41) is 0. The first-order valence-corrected chi connectivity index (χ1v) is 6.25. The lowest BCUT2D eigenvalue weighted by Gasteiger charge is -2.25. The van der Waals surface area contributed by atoms with Crippen molar-refractivity contribution in [3.63, 3.8) is 0 Å². The Balaban J connectivity index is 2.37. The van der Waals surface area contributed by atoms with Gasteiger partial charge >= 0.3 is 0 Å². The van der Waals surface area contributed by atoms with Crippen LogP contribution in [-0.2, 0) is 5.54 Å². The molecule has 3 heteroatoms. The molecule has 2 N–H and O–H groups in total. The maximum absolute atomic E-state index is 6.20. The van der Waals surface area contributed by atoms with Crippen LogP contribution in [0.3, 0.4) is 0 Å². The molecule has 0 saturated carbocycles. The van der Waals surface area contributed by atoms with Crippen LogP contribution in [0.15, 0.2) is 18.2 Å². The Morgan fingerprint density at radius 1 is 1.24 bits per heavy atom. The van der Waals surface area contributed by atoms with Crippen LogP contribution in [0.1, 0.15) is 32.3 Å². The van der Waals surface area contributed by atoms with E-state index in [-0.39, 0.29) is 5.54 Å². The molecule has 1 aromatic carbocycles. The largest absolute Gasteiger partial charge is 0.496 e. The van der Waals surface area contributed by atoms with Crippen LogP contribution in [-0.4, -0.2) is 20.2 Å². The summed E-state index contributed by atoms with van der Waals surface area (Å²) >= 11 is 0. The second-order valence-electron chi connectivity index (χ2n) is 5.30. The van der Waals surface area contributed by atoms with Gasteiger partial charge in [-0.05, 0) is 44.9 Å². The fourth-order valence-electron chi connectivity index (χ4n) is 2.37. The Hall–Kier alpha value is -1.22. The van der Waals surface area contributed by atoms with Crippen molar-refractivity contribution in [1.82, 2.24) is 0 Å². The number of ether oxygens (including phenoxy) is 1. The fourth-order valence-corrected chi connectivity index (χ4v) is 2.37. The quantitative estimate of drug-likeness (QED) is 0.873. The number of hydrogen-bond acceptors (Lipinski definition) is 3. The van der Waals surface area contributed by atoms with E-state index < -0.39 is 0 Å². The molecule has 1 aliphatic heterocycles. The highest BCUT2D eigenvalue weighted by atomic mass is 16.5. The third-order valence-corrected chi connectivity index (χ3v) is 3.35. The van der Waals surface area contributed by atoms with Gasteiger partial charge in [-0.25, -0.2) is 0 Å². The SMILES string of the molecule is COc1ccc(N2CCCC2)cc1C(C)(C)N. The summed E-state index contributed by atoms with van der Waals surface area (Å²) in [5.41, 5.74) is 8.16. The third-order valence-electron chi connectivity index (χ3n) is 3.35. The Morgan fingerprint density at radius 2 is 1.88 bits per heavy atom. The molecule has 0 aliphatic carbocycles. The molecule has 0 aromatic heterocycles. The average molecular weight is 234 g/mol. The lowest BCUT2D eigenvalue weighted by molar-refractivity contribution is 0.394. The highest BCUT2D eigenvalue weighted by Crippen LogP contribution is 2.32. The van der Waals surface area contributed by atoms with Crippen molar-refractivity contribution < 1.29 is 4.74 Å².